The van der Waals surface area contributed by atoms with Crippen molar-refractivity contribution in [1.82, 2.24) is 14.4 Å². The van der Waals surface area contributed by atoms with Crippen molar-refractivity contribution in [1.29, 1.82) is 0 Å². The number of hydrogen-bond donors (Lipinski definition) is 1. The third kappa shape index (κ3) is 1.50. The van der Waals surface area contributed by atoms with E-state index in [1.54, 1.807) is 12.3 Å². The van der Waals surface area contributed by atoms with E-state index in [0.29, 0.717) is 10.8 Å². The maximum Gasteiger partial charge on any atom is 0.150 e. The summed E-state index contributed by atoms with van der Waals surface area (Å²) in [4.78, 5) is 8.58. The van der Waals surface area contributed by atoms with Gasteiger partial charge in [-0.25, -0.2) is 9.97 Å². The molecule has 86 valence electrons. The SMILES string of the molecule is Cc1ncc2c(N)nc3cc(Cl)c(Br)cc3n12. The minimum absolute atomic E-state index is 0.455. The molecule has 0 bridgehead atoms. The largest absolute Gasteiger partial charge is 0.382 e. The summed E-state index contributed by atoms with van der Waals surface area (Å²) in [5.41, 5.74) is 8.39. The van der Waals surface area contributed by atoms with Gasteiger partial charge in [-0.3, -0.25) is 4.40 Å². The molecular weight excluding hydrogens is 304 g/mol. The van der Waals surface area contributed by atoms with Crippen LogP contribution in [0.1, 0.15) is 5.82 Å². The molecule has 0 saturated heterocycles. The summed E-state index contributed by atoms with van der Waals surface area (Å²) in [6, 6.07) is 3.71. The van der Waals surface area contributed by atoms with Crippen LogP contribution < -0.4 is 5.73 Å². The van der Waals surface area contributed by atoms with Gasteiger partial charge in [0.15, 0.2) is 0 Å². The first kappa shape index (κ1) is 10.8. The van der Waals surface area contributed by atoms with Crippen LogP contribution in [0.15, 0.2) is 22.8 Å². The predicted octanol–water partition coefficient (Wildman–Crippen LogP) is 3.19. The summed E-state index contributed by atoms with van der Waals surface area (Å²) in [5, 5.41) is 0.613. The molecule has 0 fully saturated rings. The standard InChI is InChI=1S/C11H8BrClN4/c1-5-15-4-10-11(14)16-8-3-7(13)6(12)2-9(8)17(5)10/h2-4H,1H3,(H2,14,16). The molecule has 1 aromatic carbocycles. The smallest absolute Gasteiger partial charge is 0.150 e. The first-order valence-electron chi connectivity index (χ1n) is 4.96. The Morgan fingerprint density at radius 1 is 1.35 bits per heavy atom. The zero-order valence-electron chi connectivity index (χ0n) is 8.91. The Hall–Kier alpha value is -1.33. The molecule has 0 radical (unpaired) electrons. The van der Waals surface area contributed by atoms with Crippen molar-refractivity contribution in [3.63, 3.8) is 0 Å². The third-order valence-corrected chi connectivity index (χ3v) is 3.90. The van der Waals surface area contributed by atoms with Crippen molar-refractivity contribution < 1.29 is 0 Å². The fourth-order valence-corrected chi connectivity index (χ4v) is 2.40. The first-order chi connectivity index (χ1) is 8.08. The van der Waals surface area contributed by atoms with Crippen LogP contribution in [-0.4, -0.2) is 14.4 Å². The molecular formula is C11H8BrClN4. The molecule has 2 aromatic heterocycles. The fourth-order valence-electron chi connectivity index (χ4n) is 1.91. The van der Waals surface area contributed by atoms with E-state index < -0.39 is 0 Å². The van der Waals surface area contributed by atoms with E-state index in [1.807, 2.05) is 17.4 Å². The Morgan fingerprint density at radius 3 is 2.88 bits per heavy atom. The second-order valence-electron chi connectivity index (χ2n) is 3.78. The lowest BCUT2D eigenvalue weighted by atomic mass is 10.3. The Labute approximate surface area is 111 Å². The average Bonchev–Trinajstić information content (AvgIpc) is 2.65. The molecule has 0 aliphatic carbocycles. The number of rotatable bonds is 0. The molecule has 0 atom stereocenters. The zero-order valence-corrected chi connectivity index (χ0v) is 11.2. The van der Waals surface area contributed by atoms with E-state index in [2.05, 4.69) is 25.9 Å². The van der Waals surface area contributed by atoms with Crippen molar-refractivity contribution >= 4 is 49.9 Å². The van der Waals surface area contributed by atoms with Crippen molar-refractivity contribution in [2.24, 2.45) is 0 Å². The molecule has 0 unspecified atom stereocenters. The number of aryl methyl sites for hydroxylation is 1. The Bertz CT molecular complexity index is 750. The summed E-state index contributed by atoms with van der Waals surface area (Å²) in [5.74, 6) is 1.32. The Morgan fingerprint density at radius 2 is 2.12 bits per heavy atom. The number of nitrogens with zero attached hydrogens (tertiary/aromatic N) is 3. The summed E-state index contributed by atoms with van der Waals surface area (Å²) in [6.07, 6.45) is 1.72. The number of anilines is 1. The molecule has 0 saturated carbocycles. The normalized spacial score (nSPS) is 11.5. The molecule has 0 spiro atoms. The number of imidazole rings is 1. The van der Waals surface area contributed by atoms with Crippen molar-refractivity contribution in [2.45, 2.75) is 6.92 Å². The highest BCUT2D eigenvalue weighted by molar-refractivity contribution is 9.10. The topological polar surface area (TPSA) is 56.2 Å². The third-order valence-electron chi connectivity index (χ3n) is 2.70. The van der Waals surface area contributed by atoms with Crippen LogP contribution in [0.2, 0.25) is 5.02 Å². The van der Waals surface area contributed by atoms with Gasteiger partial charge in [-0.1, -0.05) is 11.6 Å². The van der Waals surface area contributed by atoms with Crippen molar-refractivity contribution in [2.75, 3.05) is 5.73 Å². The molecule has 0 aliphatic heterocycles. The summed E-state index contributed by atoms with van der Waals surface area (Å²) in [6.45, 7) is 1.92. The zero-order chi connectivity index (χ0) is 12.2. The van der Waals surface area contributed by atoms with Gasteiger partial charge in [0.25, 0.3) is 0 Å². The second kappa shape index (κ2) is 3.58. The molecule has 4 nitrogen and oxygen atoms in total. The monoisotopic (exact) mass is 310 g/mol. The van der Waals surface area contributed by atoms with Crippen molar-refractivity contribution in [3.05, 3.63) is 33.6 Å². The highest BCUT2D eigenvalue weighted by Gasteiger charge is 2.11. The van der Waals surface area contributed by atoms with Gasteiger partial charge in [-0.15, -0.1) is 0 Å². The highest BCUT2D eigenvalue weighted by atomic mass is 79.9. The summed E-state index contributed by atoms with van der Waals surface area (Å²) >= 11 is 9.46. The maximum atomic E-state index is 6.05. The Balaban J connectivity index is 2.62. The van der Waals surface area contributed by atoms with Crippen LogP contribution in [-0.2, 0) is 0 Å². The number of hydrogen-bond acceptors (Lipinski definition) is 3. The van der Waals surface area contributed by atoms with E-state index in [4.69, 9.17) is 17.3 Å². The van der Waals surface area contributed by atoms with Crippen LogP contribution in [0, 0.1) is 6.92 Å². The first-order valence-corrected chi connectivity index (χ1v) is 6.13. The van der Waals surface area contributed by atoms with Gasteiger partial charge in [-0.2, -0.15) is 0 Å². The van der Waals surface area contributed by atoms with E-state index >= 15 is 0 Å². The summed E-state index contributed by atoms with van der Waals surface area (Å²) in [7, 11) is 0. The van der Waals surface area contributed by atoms with Crippen LogP contribution in [0.4, 0.5) is 5.82 Å². The lowest BCUT2D eigenvalue weighted by Gasteiger charge is -2.07. The molecule has 6 heteroatoms. The van der Waals surface area contributed by atoms with Crippen LogP contribution in [0.25, 0.3) is 16.6 Å². The molecule has 3 aromatic rings. The quantitative estimate of drug-likeness (QED) is 0.693. The van der Waals surface area contributed by atoms with Gasteiger partial charge in [0.05, 0.1) is 22.3 Å². The van der Waals surface area contributed by atoms with E-state index in [0.717, 1.165) is 26.8 Å². The van der Waals surface area contributed by atoms with Gasteiger partial charge in [-0.05, 0) is 35.0 Å². The minimum atomic E-state index is 0.455. The van der Waals surface area contributed by atoms with Crippen molar-refractivity contribution in [3.8, 4) is 0 Å². The number of aromatic nitrogens is 3. The maximum absolute atomic E-state index is 6.05. The number of nitrogen functional groups attached to an aromatic ring is 1. The van der Waals surface area contributed by atoms with Crippen LogP contribution in [0.3, 0.4) is 0 Å². The lowest BCUT2D eigenvalue weighted by molar-refractivity contribution is 1.07. The number of fused-ring (bicyclic) bond motifs is 3. The van der Waals surface area contributed by atoms with Gasteiger partial charge in [0, 0.05) is 4.47 Å². The Kier molecular flexibility index (Phi) is 2.27. The molecule has 0 amide bonds. The lowest BCUT2D eigenvalue weighted by Crippen LogP contribution is -1.99. The van der Waals surface area contributed by atoms with Gasteiger partial charge >= 0.3 is 0 Å². The van der Waals surface area contributed by atoms with Gasteiger partial charge in [0.2, 0.25) is 0 Å². The van der Waals surface area contributed by atoms with E-state index in [-0.39, 0.29) is 0 Å². The second-order valence-corrected chi connectivity index (χ2v) is 5.04. The van der Waals surface area contributed by atoms with Gasteiger partial charge in [0.1, 0.15) is 17.2 Å². The molecule has 17 heavy (non-hydrogen) atoms. The molecule has 0 aliphatic rings. The molecule has 3 rings (SSSR count). The number of halogens is 2. The average molecular weight is 312 g/mol. The number of benzene rings is 1. The summed E-state index contributed by atoms with van der Waals surface area (Å²) < 4.78 is 2.80. The highest BCUT2D eigenvalue weighted by Crippen LogP contribution is 2.29. The minimum Gasteiger partial charge on any atom is -0.382 e. The van der Waals surface area contributed by atoms with Crippen LogP contribution in [0.5, 0.6) is 0 Å². The molecule has 2 heterocycles. The predicted molar refractivity (Wildman–Crippen MR) is 72.4 cm³/mol. The van der Waals surface area contributed by atoms with E-state index in [9.17, 15) is 0 Å². The van der Waals surface area contributed by atoms with Gasteiger partial charge < -0.3 is 5.73 Å². The fraction of sp³-hybridized carbons (Fsp3) is 0.0909. The van der Waals surface area contributed by atoms with Crippen LogP contribution >= 0.6 is 27.5 Å². The molecule has 2 N–H and O–H groups in total. The number of nitrogens with two attached hydrogens (primary N) is 1. The van der Waals surface area contributed by atoms with E-state index in [1.165, 1.54) is 0 Å².